The molecule has 0 heterocycles. The Kier molecular flexibility index (Phi) is 6.89. The zero-order chi connectivity index (χ0) is 19.8. The molecule has 1 fully saturated rings. The number of carbonyl (C=O) groups is 2. The lowest BCUT2D eigenvalue weighted by molar-refractivity contribution is -0.142. The first-order valence-corrected chi connectivity index (χ1v) is 9.52. The van der Waals surface area contributed by atoms with E-state index >= 15 is 0 Å². The van der Waals surface area contributed by atoms with Crippen LogP contribution in [0.3, 0.4) is 0 Å². The van der Waals surface area contributed by atoms with Crippen molar-refractivity contribution in [1.82, 2.24) is 5.32 Å². The maximum atomic E-state index is 12.0. The second-order valence-corrected chi connectivity index (χ2v) is 6.99. The van der Waals surface area contributed by atoms with Crippen molar-refractivity contribution in [2.75, 3.05) is 6.61 Å². The average molecular weight is 383 g/mol. The maximum absolute atomic E-state index is 12.0. The van der Waals surface area contributed by atoms with Crippen LogP contribution in [0.4, 0.5) is 0 Å². The van der Waals surface area contributed by atoms with Crippen LogP contribution in [-0.4, -0.2) is 29.6 Å². The van der Waals surface area contributed by atoms with Gasteiger partial charge in [-0.25, -0.2) is 0 Å². The summed E-state index contributed by atoms with van der Waals surface area (Å²) >= 11 is 0. The molecule has 2 aromatic rings. The van der Waals surface area contributed by atoms with Crippen LogP contribution in [0.25, 0.3) is 0 Å². The predicted octanol–water partition coefficient (Wildman–Crippen LogP) is 3.40. The number of amides is 1. The molecule has 0 aromatic heterocycles. The fraction of sp³-hybridized carbons (Fsp3) is 0.364. The molecule has 0 unspecified atom stereocenters. The molecule has 6 heteroatoms. The van der Waals surface area contributed by atoms with E-state index < -0.39 is 5.97 Å². The molecule has 28 heavy (non-hydrogen) atoms. The van der Waals surface area contributed by atoms with Gasteiger partial charge in [0, 0.05) is 6.04 Å². The predicted molar refractivity (Wildman–Crippen MR) is 104 cm³/mol. The third kappa shape index (κ3) is 6.01. The number of benzene rings is 2. The summed E-state index contributed by atoms with van der Waals surface area (Å²) in [5, 5.41) is 11.9. The van der Waals surface area contributed by atoms with E-state index in [0.29, 0.717) is 38.0 Å². The van der Waals surface area contributed by atoms with E-state index in [1.165, 1.54) is 0 Å². The van der Waals surface area contributed by atoms with Gasteiger partial charge in [0.05, 0.1) is 5.92 Å². The lowest BCUT2D eigenvalue weighted by Crippen LogP contribution is -2.40. The number of aliphatic carboxylic acids is 1. The van der Waals surface area contributed by atoms with Gasteiger partial charge in [-0.3, -0.25) is 9.59 Å². The summed E-state index contributed by atoms with van der Waals surface area (Å²) in [6.07, 6.45) is 2.59. The fourth-order valence-electron chi connectivity index (χ4n) is 3.28. The zero-order valence-electron chi connectivity index (χ0n) is 15.7. The summed E-state index contributed by atoms with van der Waals surface area (Å²) in [6.45, 7) is 0.427. The van der Waals surface area contributed by atoms with E-state index in [0.717, 1.165) is 11.3 Å². The summed E-state index contributed by atoms with van der Waals surface area (Å²) < 4.78 is 11.2. The van der Waals surface area contributed by atoms with Gasteiger partial charge in [-0.1, -0.05) is 30.3 Å². The van der Waals surface area contributed by atoms with E-state index in [1.807, 2.05) is 42.5 Å². The lowest BCUT2D eigenvalue weighted by Gasteiger charge is -2.26. The number of rotatable bonds is 8. The Labute approximate surface area is 164 Å². The van der Waals surface area contributed by atoms with Crippen LogP contribution in [0.2, 0.25) is 0 Å². The van der Waals surface area contributed by atoms with Crippen molar-refractivity contribution in [2.45, 2.75) is 38.3 Å². The number of ether oxygens (including phenoxy) is 2. The molecule has 2 aromatic carbocycles. The highest BCUT2D eigenvalue weighted by atomic mass is 16.5. The molecule has 148 valence electrons. The van der Waals surface area contributed by atoms with Crippen molar-refractivity contribution in [2.24, 2.45) is 5.92 Å². The molecule has 2 N–H and O–H groups in total. The Morgan fingerprint density at radius 3 is 2.11 bits per heavy atom. The molecule has 3 rings (SSSR count). The summed E-state index contributed by atoms with van der Waals surface area (Å²) in [5.74, 6) is 0.104. The van der Waals surface area contributed by atoms with Crippen LogP contribution in [0.15, 0.2) is 54.6 Å². The Morgan fingerprint density at radius 2 is 1.50 bits per heavy atom. The first-order valence-electron chi connectivity index (χ1n) is 9.52. The van der Waals surface area contributed by atoms with Crippen molar-refractivity contribution in [1.29, 1.82) is 0 Å². The van der Waals surface area contributed by atoms with Gasteiger partial charge in [0.25, 0.3) is 5.91 Å². The molecule has 0 radical (unpaired) electrons. The van der Waals surface area contributed by atoms with Crippen molar-refractivity contribution in [3.63, 3.8) is 0 Å². The minimum Gasteiger partial charge on any atom is -0.489 e. The molecule has 1 aliphatic rings. The van der Waals surface area contributed by atoms with Crippen molar-refractivity contribution in [3.05, 3.63) is 60.2 Å². The average Bonchev–Trinajstić information content (AvgIpc) is 2.72. The third-order valence-corrected chi connectivity index (χ3v) is 4.88. The normalized spacial score (nSPS) is 18.9. The van der Waals surface area contributed by atoms with Crippen LogP contribution in [-0.2, 0) is 16.2 Å². The quantitative estimate of drug-likeness (QED) is 0.730. The molecule has 6 nitrogen and oxygen atoms in total. The van der Waals surface area contributed by atoms with Gasteiger partial charge < -0.3 is 19.9 Å². The van der Waals surface area contributed by atoms with E-state index in [9.17, 15) is 9.59 Å². The highest BCUT2D eigenvalue weighted by Crippen LogP contribution is 2.24. The van der Waals surface area contributed by atoms with Crippen LogP contribution >= 0.6 is 0 Å². The van der Waals surface area contributed by atoms with Gasteiger partial charge in [0.2, 0.25) is 0 Å². The first-order chi connectivity index (χ1) is 13.6. The number of hydrogen-bond donors (Lipinski definition) is 2. The lowest BCUT2D eigenvalue weighted by atomic mass is 9.86. The minimum atomic E-state index is -0.746. The number of carboxylic acid groups (broad SMARTS) is 1. The number of hydrogen-bond acceptors (Lipinski definition) is 4. The third-order valence-electron chi connectivity index (χ3n) is 4.88. The number of carbonyl (C=O) groups excluding carboxylic acids is 1. The van der Waals surface area contributed by atoms with E-state index in [2.05, 4.69) is 5.32 Å². The topological polar surface area (TPSA) is 84.9 Å². The largest absolute Gasteiger partial charge is 0.489 e. The SMILES string of the molecule is O=C(COc1ccc(OCc2ccccc2)cc1)NC1CCC(C(=O)O)CC1. The van der Waals surface area contributed by atoms with Crippen molar-refractivity contribution in [3.8, 4) is 11.5 Å². The molecule has 0 saturated heterocycles. The standard InChI is InChI=1S/C22H25NO5/c24-21(23-18-8-6-17(7-9-18)22(25)26)15-28-20-12-10-19(11-13-20)27-14-16-4-2-1-3-5-16/h1-5,10-13,17-18H,6-9,14-15H2,(H,23,24)(H,25,26). The van der Waals surface area contributed by atoms with Gasteiger partial charge in [0.15, 0.2) is 6.61 Å². The Balaban J connectivity index is 1.37. The molecule has 1 saturated carbocycles. The van der Waals surface area contributed by atoms with Crippen LogP contribution < -0.4 is 14.8 Å². The van der Waals surface area contributed by atoms with E-state index in [4.69, 9.17) is 14.6 Å². The second-order valence-electron chi connectivity index (χ2n) is 6.99. The fourth-order valence-corrected chi connectivity index (χ4v) is 3.28. The van der Waals surface area contributed by atoms with E-state index in [-0.39, 0.29) is 24.5 Å². The monoisotopic (exact) mass is 383 g/mol. The number of carboxylic acids is 1. The van der Waals surface area contributed by atoms with Crippen molar-refractivity contribution < 1.29 is 24.2 Å². The van der Waals surface area contributed by atoms with Crippen LogP contribution in [0.5, 0.6) is 11.5 Å². The highest BCUT2D eigenvalue weighted by molar-refractivity contribution is 5.78. The van der Waals surface area contributed by atoms with Gasteiger partial charge in [-0.15, -0.1) is 0 Å². The second kappa shape index (κ2) is 9.78. The molecular formula is C22H25NO5. The summed E-state index contributed by atoms with van der Waals surface area (Å²) in [4.78, 5) is 23.0. The molecule has 1 aliphatic carbocycles. The Morgan fingerprint density at radius 1 is 0.893 bits per heavy atom. The molecule has 0 bridgehead atoms. The maximum Gasteiger partial charge on any atom is 0.306 e. The molecule has 0 spiro atoms. The first kappa shape index (κ1) is 19.7. The summed E-state index contributed by atoms with van der Waals surface area (Å²) in [7, 11) is 0. The van der Waals surface area contributed by atoms with Crippen LogP contribution in [0, 0.1) is 5.92 Å². The summed E-state index contributed by atoms with van der Waals surface area (Å²) in [6, 6.07) is 17.1. The Bertz CT molecular complexity index is 767. The van der Waals surface area contributed by atoms with Gasteiger partial charge in [0.1, 0.15) is 18.1 Å². The van der Waals surface area contributed by atoms with Gasteiger partial charge in [-0.2, -0.15) is 0 Å². The highest BCUT2D eigenvalue weighted by Gasteiger charge is 2.26. The van der Waals surface area contributed by atoms with Gasteiger partial charge >= 0.3 is 5.97 Å². The van der Waals surface area contributed by atoms with Crippen LogP contribution in [0.1, 0.15) is 31.2 Å². The zero-order valence-corrected chi connectivity index (χ0v) is 15.7. The minimum absolute atomic E-state index is 0.0282. The molecule has 0 atom stereocenters. The summed E-state index contributed by atoms with van der Waals surface area (Å²) in [5.41, 5.74) is 1.09. The molecule has 0 aliphatic heterocycles. The van der Waals surface area contributed by atoms with Crippen molar-refractivity contribution >= 4 is 11.9 Å². The number of nitrogens with one attached hydrogen (secondary N) is 1. The molecular weight excluding hydrogens is 358 g/mol. The Hall–Kier alpha value is -3.02. The van der Waals surface area contributed by atoms with Gasteiger partial charge in [-0.05, 0) is 55.5 Å². The smallest absolute Gasteiger partial charge is 0.306 e. The van der Waals surface area contributed by atoms with E-state index in [1.54, 1.807) is 12.1 Å². The molecule has 1 amide bonds.